The number of carbonyl (C=O) groups is 3. The molecule has 0 aromatic heterocycles. The maximum atomic E-state index is 12.9. The van der Waals surface area contributed by atoms with Gasteiger partial charge >= 0.3 is 6.09 Å². The van der Waals surface area contributed by atoms with Crippen molar-refractivity contribution < 1.29 is 34.1 Å². The molecule has 1 aromatic rings. The van der Waals surface area contributed by atoms with Crippen LogP contribution in [0.5, 0.6) is 5.75 Å². The highest BCUT2D eigenvalue weighted by atomic mass is 16.6. The maximum Gasteiger partial charge on any atom is 0.428 e. The molecule has 3 N–H and O–H groups in total. The summed E-state index contributed by atoms with van der Waals surface area (Å²) in [6.07, 6.45) is -1.94. The average molecular weight is 459 g/mol. The van der Waals surface area contributed by atoms with Crippen LogP contribution in [-0.2, 0) is 20.9 Å². The summed E-state index contributed by atoms with van der Waals surface area (Å²) >= 11 is 0. The second-order valence-corrected chi connectivity index (χ2v) is 8.72. The van der Waals surface area contributed by atoms with Crippen LogP contribution >= 0.6 is 0 Å². The molecule has 1 heterocycles. The van der Waals surface area contributed by atoms with E-state index in [1.54, 1.807) is 38.3 Å². The Labute approximate surface area is 191 Å². The van der Waals surface area contributed by atoms with E-state index < -0.39 is 36.1 Å². The minimum atomic E-state index is -1.14. The topological polar surface area (TPSA) is 138 Å². The molecule has 178 valence electrons. The van der Waals surface area contributed by atoms with Gasteiger partial charge in [-0.05, 0) is 37.5 Å². The number of benzene rings is 1. The van der Waals surface area contributed by atoms with E-state index in [0.29, 0.717) is 24.3 Å². The summed E-state index contributed by atoms with van der Waals surface area (Å²) in [5, 5.41) is 25.3. The fourth-order valence-electron chi connectivity index (χ4n) is 5.39. The number of fused-ring (bicyclic) bond motifs is 3. The molecule has 0 radical (unpaired) electrons. The Morgan fingerprint density at radius 3 is 2.52 bits per heavy atom. The third kappa shape index (κ3) is 4.32. The Morgan fingerprint density at radius 1 is 1.15 bits per heavy atom. The highest BCUT2D eigenvalue weighted by Crippen LogP contribution is 2.49. The zero-order valence-corrected chi connectivity index (χ0v) is 18.6. The van der Waals surface area contributed by atoms with E-state index in [0.717, 1.165) is 5.56 Å². The number of nitrogens with one attached hydrogen (secondary N) is 1. The predicted molar refractivity (Wildman–Crippen MR) is 116 cm³/mol. The number of methoxy groups -OCH3 is 1. The Balaban J connectivity index is 1.44. The van der Waals surface area contributed by atoms with Crippen LogP contribution < -0.4 is 10.2 Å². The number of ether oxygens (including phenoxy) is 2. The number of imide groups is 1. The molecule has 0 spiro atoms. The zero-order valence-electron chi connectivity index (χ0n) is 18.6. The molecule has 2 saturated carbocycles. The van der Waals surface area contributed by atoms with Crippen molar-refractivity contribution in [3.8, 4) is 5.75 Å². The average Bonchev–Trinajstić information content (AvgIpc) is 3.08. The van der Waals surface area contributed by atoms with E-state index in [1.807, 2.05) is 0 Å². The third-order valence-electron chi connectivity index (χ3n) is 7.01. The van der Waals surface area contributed by atoms with Crippen LogP contribution in [0.2, 0.25) is 0 Å². The van der Waals surface area contributed by atoms with Gasteiger partial charge in [0.2, 0.25) is 11.8 Å². The van der Waals surface area contributed by atoms with Crippen LogP contribution in [-0.4, -0.2) is 64.6 Å². The molecule has 3 fully saturated rings. The first-order chi connectivity index (χ1) is 15.8. The molecule has 2 aliphatic carbocycles. The van der Waals surface area contributed by atoms with Crippen LogP contribution in [0.25, 0.3) is 0 Å². The molecule has 10 nitrogen and oxygen atoms in total. The molecule has 6 atom stereocenters. The van der Waals surface area contributed by atoms with E-state index in [1.165, 1.54) is 4.90 Å². The number of aliphatic hydroxyl groups is 2. The summed E-state index contributed by atoms with van der Waals surface area (Å²) in [6, 6.07) is 7.08. The van der Waals surface area contributed by atoms with Crippen molar-refractivity contribution in [3.63, 3.8) is 0 Å². The van der Waals surface area contributed by atoms with Gasteiger partial charge in [-0.25, -0.2) is 10.2 Å². The van der Waals surface area contributed by atoms with E-state index in [-0.39, 0.29) is 37.3 Å². The summed E-state index contributed by atoms with van der Waals surface area (Å²) in [4.78, 5) is 38.9. The fraction of sp³-hybridized carbons (Fsp3) is 0.565. The number of aliphatic hydroxyl groups excluding tert-OH is 2. The highest BCUT2D eigenvalue weighted by Gasteiger charge is 2.59. The minimum Gasteiger partial charge on any atom is -0.497 e. The van der Waals surface area contributed by atoms with Crippen molar-refractivity contribution in [3.05, 3.63) is 29.8 Å². The Kier molecular flexibility index (Phi) is 6.66. The summed E-state index contributed by atoms with van der Waals surface area (Å²) in [7, 11) is 1.57. The Hall–Kier alpha value is -2.98. The largest absolute Gasteiger partial charge is 0.497 e. The standard InChI is InChI=1S/C23H29N3O7/c1-3-26-21(29)15-9-8-14-16(10-17(27)20(28)18(14)19(15)22(26)30)24-25-23(31)33-11-12-4-6-13(32-2)7-5-12/h4-7,14-15,17-20,27-28H,3,8-11H2,1-2H3,(H,25,31)/t14-,15+,17+,18-,19+,20+/m0/s1. The second kappa shape index (κ2) is 9.48. The van der Waals surface area contributed by atoms with Gasteiger partial charge in [-0.1, -0.05) is 12.1 Å². The lowest BCUT2D eigenvalue weighted by Gasteiger charge is -2.45. The molecule has 3 amide bonds. The first-order valence-corrected chi connectivity index (χ1v) is 11.2. The summed E-state index contributed by atoms with van der Waals surface area (Å²) in [5.74, 6) is -1.94. The van der Waals surface area contributed by atoms with Crippen molar-refractivity contribution in [2.45, 2.75) is 45.0 Å². The number of likely N-dealkylation sites (tertiary alicyclic amines) is 1. The van der Waals surface area contributed by atoms with Gasteiger partial charge in [0.1, 0.15) is 12.4 Å². The molecule has 0 unspecified atom stereocenters. The second-order valence-electron chi connectivity index (χ2n) is 8.72. The Morgan fingerprint density at radius 2 is 1.85 bits per heavy atom. The van der Waals surface area contributed by atoms with Gasteiger partial charge in [0.25, 0.3) is 0 Å². The molecular weight excluding hydrogens is 430 g/mol. The maximum absolute atomic E-state index is 12.9. The van der Waals surface area contributed by atoms with Crippen molar-refractivity contribution in [1.29, 1.82) is 0 Å². The summed E-state index contributed by atoms with van der Waals surface area (Å²) in [6.45, 7) is 2.07. The zero-order chi connectivity index (χ0) is 23.7. The molecular formula is C23H29N3O7. The van der Waals surface area contributed by atoms with Crippen molar-refractivity contribution in [2.24, 2.45) is 28.8 Å². The number of rotatable bonds is 5. The number of amides is 3. The molecule has 10 heteroatoms. The van der Waals surface area contributed by atoms with Gasteiger partial charge in [0.15, 0.2) is 0 Å². The van der Waals surface area contributed by atoms with Crippen LogP contribution in [0.1, 0.15) is 31.7 Å². The van der Waals surface area contributed by atoms with Gasteiger partial charge in [0.05, 0.1) is 31.2 Å². The Bertz CT molecular complexity index is 948. The lowest BCUT2D eigenvalue weighted by Crippen LogP contribution is -2.55. The molecule has 0 bridgehead atoms. The predicted octanol–water partition coefficient (Wildman–Crippen LogP) is 1.05. The van der Waals surface area contributed by atoms with Gasteiger partial charge in [0, 0.05) is 30.5 Å². The number of carbonyl (C=O) groups excluding carboxylic acids is 3. The van der Waals surface area contributed by atoms with E-state index in [9.17, 15) is 24.6 Å². The molecule has 1 saturated heterocycles. The third-order valence-corrected chi connectivity index (χ3v) is 7.01. The van der Waals surface area contributed by atoms with Gasteiger partial charge in [-0.2, -0.15) is 5.10 Å². The van der Waals surface area contributed by atoms with Crippen LogP contribution in [0.15, 0.2) is 29.4 Å². The lowest BCUT2D eigenvalue weighted by molar-refractivity contribution is -0.141. The van der Waals surface area contributed by atoms with Crippen molar-refractivity contribution in [1.82, 2.24) is 10.3 Å². The van der Waals surface area contributed by atoms with Crippen molar-refractivity contribution in [2.75, 3.05) is 13.7 Å². The van der Waals surface area contributed by atoms with Gasteiger partial charge in [-0.15, -0.1) is 0 Å². The molecule has 1 aromatic carbocycles. The summed E-state index contributed by atoms with van der Waals surface area (Å²) < 4.78 is 10.3. The fourth-order valence-corrected chi connectivity index (χ4v) is 5.39. The molecule has 4 rings (SSSR count). The SMILES string of the molecule is CCN1C(=O)[C@H]2[C@H]3[C@H](O)[C@H](O)CC(=NNC(=O)OCc4ccc(OC)cc4)[C@@H]3CC[C@H]2C1=O. The van der Waals surface area contributed by atoms with E-state index >= 15 is 0 Å². The lowest BCUT2D eigenvalue weighted by atomic mass is 9.60. The minimum absolute atomic E-state index is 0.0429. The van der Waals surface area contributed by atoms with E-state index in [4.69, 9.17) is 9.47 Å². The first kappa shape index (κ1) is 23.2. The number of hydrazone groups is 1. The van der Waals surface area contributed by atoms with Gasteiger partial charge in [-0.3, -0.25) is 14.5 Å². The van der Waals surface area contributed by atoms with Crippen molar-refractivity contribution >= 4 is 23.6 Å². The molecule has 3 aliphatic rings. The number of hydrogen-bond donors (Lipinski definition) is 3. The first-order valence-electron chi connectivity index (χ1n) is 11.2. The van der Waals surface area contributed by atoms with Crippen LogP contribution in [0.4, 0.5) is 4.79 Å². The quantitative estimate of drug-likeness (QED) is 0.442. The summed E-state index contributed by atoms with van der Waals surface area (Å²) in [5.41, 5.74) is 3.63. The highest BCUT2D eigenvalue weighted by molar-refractivity contribution is 6.06. The van der Waals surface area contributed by atoms with Gasteiger partial charge < -0.3 is 19.7 Å². The number of nitrogens with zero attached hydrogens (tertiary/aromatic N) is 2. The number of hydrogen-bond acceptors (Lipinski definition) is 8. The molecule has 33 heavy (non-hydrogen) atoms. The molecule has 1 aliphatic heterocycles. The smallest absolute Gasteiger partial charge is 0.428 e. The normalized spacial score (nSPS) is 32.4. The van der Waals surface area contributed by atoms with Crippen LogP contribution in [0.3, 0.4) is 0 Å². The van der Waals surface area contributed by atoms with E-state index in [2.05, 4.69) is 10.5 Å². The monoisotopic (exact) mass is 459 g/mol. The van der Waals surface area contributed by atoms with Crippen LogP contribution in [0, 0.1) is 23.7 Å².